The largest absolute Gasteiger partial charge is 0.310 e. The molecule has 0 unspecified atom stereocenters. The van der Waals surface area contributed by atoms with E-state index in [2.05, 4.69) is 252 Å². The molecule has 0 bridgehead atoms. The number of aromatic nitrogens is 1. The van der Waals surface area contributed by atoms with Crippen molar-refractivity contribution in [3.63, 3.8) is 0 Å². The van der Waals surface area contributed by atoms with Gasteiger partial charge in [0.15, 0.2) is 0 Å². The van der Waals surface area contributed by atoms with E-state index in [-0.39, 0.29) is 0 Å². The van der Waals surface area contributed by atoms with Crippen molar-refractivity contribution in [3.05, 3.63) is 265 Å². The van der Waals surface area contributed by atoms with Crippen molar-refractivity contribution in [2.75, 3.05) is 4.90 Å². The Morgan fingerprint density at radius 2 is 0.882 bits per heavy atom. The normalized spacial score (nSPS) is 13.1. The number of thiophene rings is 1. The summed E-state index contributed by atoms with van der Waals surface area (Å²) in [4.78, 5) is 2.48. The fourth-order valence-corrected chi connectivity index (χ4v) is 13.4. The van der Waals surface area contributed by atoms with Gasteiger partial charge in [0.1, 0.15) is 0 Å². The summed E-state index contributed by atoms with van der Waals surface area (Å²) in [6.07, 6.45) is 0. The Morgan fingerprint density at radius 3 is 1.57 bits per heavy atom. The summed E-state index contributed by atoms with van der Waals surface area (Å²) in [6.45, 7) is 0. The second-order valence-electron chi connectivity index (χ2n) is 18.4. The van der Waals surface area contributed by atoms with E-state index in [1.165, 1.54) is 108 Å². The van der Waals surface area contributed by atoms with E-state index in [0.717, 1.165) is 22.7 Å². The highest BCUT2D eigenvalue weighted by molar-refractivity contribution is 7.26. The fraction of sp³-hybridized carbons (Fsp3) is 0.0154. The Balaban J connectivity index is 0.916. The molecule has 316 valence electrons. The van der Waals surface area contributed by atoms with Gasteiger partial charge in [-0.25, -0.2) is 0 Å². The molecule has 3 heteroatoms. The third-order valence-electron chi connectivity index (χ3n) is 15.0. The van der Waals surface area contributed by atoms with Crippen LogP contribution in [-0.2, 0) is 5.41 Å². The average molecular weight is 881 g/mol. The fourth-order valence-electron chi connectivity index (χ4n) is 12.1. The van der Waals surface area contributed by atoms with Crippen molar-refractivity contribution in [1.29, 1.82) is 0 Å². The van der Waals surface area contributed by atoms with Gasteiger partial charge in [-0.05, 0) is 127 Å². The molecule has 13 aromatic rings. The second kappa shape index (κ2) is 14.3. The van der Waals surface area contributed by atoms with Crippen LogP contribution in [0, 0.1) is 0 Å². The molecule has 15 rings (SSSR count). The molecule has 0 radical (unpaired) electrons. The SMILES string of the molecule is c1cc(-c2ccc(N(c3ccc4c(c3)C3(c5ccccc5-c5ccccc53)c3ccccc3-4)c3ccc4c(c3)sc3c5ccccc5ccc43)cc2)cc(-n2c3ccccc3c3ccccc32)c1. The van der Waals surface area contributed by atoms with Crippen LogP contribution < -0.4 is 4.90 Å². The maximum absolute atomic E-state index is 2.50. The number of para-hydroxylation sites is 2. The van der Waals surface area contributed by atoms with Crippen LogP contribution in [0.5, 0.6) is 0 Å². The van der Waals surface area contributed by atoms with Gasteiger partial charge in [-0.3, -0.25) is 0 Å². The molecule has 0 saturated carbocycles. The molecule has 0 saturated heterocycles. The van der Waals surface area contributed by atoms with Gasteiger partial charge in [-0.2, -0.15) is 0 Å². The number of hydrogen-bond donors (Lipinski definition) is 0. The van der Waals surface area contributed by atoms with Crippen LogP contribution in [0.1, 0.15) is 22.3 Å². The number of rotatable bonds is 5. The molecule has 11 aromatic carbocycles. The van der Waals surface area contributed by atoms with Crippen molar-refractivity contribution in [2.45, 2.75) is 5.41 Å². The van der Waals surface area contributed by atoms with Crippen molar-refractivity contribution in [3.8, 4) is 39.1 Å². The van der Waals surface area contributed by atoms with Crippen LogP contribution in [0.3, 0.4) is 0 Å². The first-order valence-electron chi connectivity index (χ1n) is 23.5. The Morgan fingerprint density at radius 1 is 0.338 bits per heavy atom. The highest BCUT2D eigenvalue weighted by atomic mass is 32.1. The Bertz CT molecular complexity index is 4110. The summed E-state index contributed by atoms with van der Waals surface area (Å²) in [5, 5.41) is 7.72. The summed E-state index contributed by atoms with van der Waals surface area (Å²) >= 11 is 1.90. The summed E-state index contributed by atoms with van der Waals surface area (Å²) in [5.74, 6) is 0. The van der Waals surface area contributed by atoms with E-state index in [9.17, 15) is 0 Å². The summed E-state index contributed by atoms with van der Waals surface area (Å²) in [6, 6.07) is 90.5. The molecule has 68 heavy (non-hydrogen) atoms. The standard InChI is InChI=1S/C65H40N2S/c1-2-17-48-42(14-1)30-35-56-55-37-34-47(40-63(55)68-64(48)56)66(44-31-28-41(29-32-44)43-15-13-16-45(38-43)67-61-26-11-6-21-53(61)54-22-7-12-27-62(54)67)46-33-36-52-51-20-5-10-25-59(51)65(60(52)39-46)57-23-8-3-18-49(57)50-19-4-9-24-58(50)65/h1-40H. The zero-order valence-electron chi connectivity index (χ0n) is 36.9. The molecule has 0 N–H and O–H groups in total. The third-order valence-corrected chi connectivity index (χ3v) is 16.2. The predicted molar refractivity (Wildman–Crippen MR) is 288 cm³/mol. The van der Waals surface area contributed by atoms with Crippen molar-refractivity contribution < 1.29 is 0 Å². The molecule has 2 aliphatic rings. The molecule has 0 atom stereocenters. The van der Waals surface area contributed by atoms with E-state index >= 15 is 0 Å². The highest BCUT2D eigenvalue weighted by Gasteiger charge is 2.51. The second-order valence-corrected chi connectivity index (χ2v) is 19.4. The maximum Gasteiger partial charge on any atom is 0.0726 e. The number of benzene rings is 11. The predicted octanol–water partition coefficient (Wildman–Crippen LogP) is 17.8. The van der Waals surface area contributed by atoms with Crippen LogP contribution in [0.4, 0.5) is 17.1 Å². The van der Waals surface area contributed by atoms with Crippen LogP contribution in [-0.4, -0.2) is 4.57 Å². The molecule has 2 heterocycles. The topological polar surface area (TPSA) is 8.17 Å². The van der Waals surface area contributed by atoms with E-state index in [4.69, 9.17) is 0 Å². The molecule has 0 amide bonds. The molecular weight excluding hydrogens is 841 g/mol. The summed E-state index contributed by atoms with van der Waals surface area (Å²) in [5.41, 5.74) is 19.4. The first-order chi connectivity index (χ1) is 33.7. The van der Waals surface area contributed by atoms with Gasteiger partial charge in [-0.15, -0.1) is 11.3 Å². The lowest BCUT2D eigenvalue weighted by Gasteiger charge is -2.32. The van der Waals surface area contributed by atoms with E-state index in [0.29, 0.717) is 0 Å². The lowest BCUT2D eigenvalue weighted by atomic mass is 9.70. The smallest absolute Gasteiger partial charge is 0.0726 e. The van der Waals surface area contributed by atoms with Crippen LogP contribution >= 0.6 is 11.3 Å². The van der Waals surface area contributed by atoms with E-state index in [1.54, 1.807) is 0 Å². The highest BCUT2D eigenvalue weighted by Crippen LogP contribution is 2.63. The lowest BCUT2D eigenvalue weighted by Crippen LogP contribution is -2.26. The van der Waals surface area contributed by atoms with E-state index in [1.807, 2.05) is 11.3 Å². The number of anilines is 3. The lowest BCUT2D eigenvalue weighted by molar-refractivity contribution is 0.793. The molecular formula is C65H40N2S. The van der Waals surface area contributed by atoms with Crippen molar-refractivity contribution in [1.82, 2.24) is 4.57 Å². The molecule has 2 nitrogen and oxygen atoms in total. The monoisotopic (exact) mass is 880 g/mol. The van der Waals surface area contributed by atoms with Gasteiger partial charge in [-0.1, -0.05) is 182 Å². The summed E-state index contributed by atoms with van der Waals surface area (Å²) in [7, 11) is 0. The van der Waals surface area contributed by atoms with Gasteiger partial charge in [0.2, 0.25) is 0 Å². The van der Waals surface area contributed by atoms with Gasteiger partial charge in [0.25, 0.3) is 0 Å². The summed E-state index contributed by atoms with van der Waals surface area (Å²) < 4.78 is 5.02. The number of hydrogen-bond acceptors (Lipinski definition) is 2. The van der Waals surface area contributed by atoms with Gasteiger partial charge < -0.3 is 9.47 Å². The van der Waals surface area contributed by atoms with Gasteiger partial charge in [0.05, 0.1) is 16.4 Å². The first kappa shape index (κ1) is 37.7. The average Bonchev–Trinajstić information content (AvgIpc) is 4.13. The number of fused-ring (bicyclic) bond motifs is 18. The Kier molecular flexibility index (Phi) is 7.90. The third kappa shape index (κ3) is 5.17. The molecule has 2 aliphatic carbocycles. The van der Waals surface area contributed by atoms with Gasteiger partial charge >= 0.3 is 0 Å². The van der Waals surface area contributed by atoms with Crippen LogP contribution in [0.25, 0.3) is 91.8 Å². The van der Waals surface area contributed by atoms with Crippen LogP contribution in [0.15, 0.2) is 243 Å². The van der Waals surface area contributed by atoms with Crippen molar-refractivity contribution in [2.24, 2.45) is 0 Å². The van der Waals surface area contributed by atoms with Crippen LogP contribution in [0.2, 0.25) is 0 Å². The number of nitrogens with zero attached hydrogens (tertiary/aromatic N) is 2. The zero-order valence-corrected chi connectivity index (χ0v) is 37.7. The molecule has 0 fully saturated rings. The zero-order chi connectivity index (χ0) is 44.5. The minimum absolute atomic E-state index is 0.442. The minimum Gasteiger partial charge on any atom is -0.310 e. The Hall–Kier alpha value is -8.50. The maximum atomic E-state index is 2.50. The molecule has 1 spiro atoms. The molecule has 2 aromatic heterocycles. The van der Waals surface area contributed by atoms with Crippen molar-refractivity contribution >= 4 is 81.1 Å². The quantitative estimate of drug-likeness (QED) is 0.167. The van der Waals surface area contributed by atoms with Gasteiger partial charge in [0, 0.05) is 53.7 Å². The first-order valence-corrected chi connectivity index (χ1v) is 24.3. The minimum atomic E-state index is -0.442. The Labute approximate surface area is 397 Å². The van der Waals surface area contributed by atoms with E-state index < -0.39 is 5.41 Å². The molecule has 0 aliphatic heterocycles.